The second-order valence-electron chi connectivity index (χ2n) is 7.84. The smallest absolute Gasteiger partial charge is 0.170 e. The molecule has 4 aromatic heterocycles. The van der Waals surface area contributed by atoms with E-state index in [1.165, 1.54) is 0 Å². The van der Waals surface area contributed by atoms with Crippen LogP contribution in [-0.4, -0.2) is 42.7 Å². The molecule has 0 amide bonds. The van der Waals surface area contributed by atoms with Gasteiger partial charge in [0.25, 0.3) is 0 Å². The lowest BCUT2D eigenvalue weighted by Crippen LogP contribution is -2.35. The molecule has 5 heterocycles. The van der Waals surface area contributed by atoms with E-state index in [9.17, 15) is 0 Å². The molecule has 1 atom stereocenters. The van der Waals surface area contributed by atoms with E-state index < -0.39 is 0 Å². The maximum atomic E-state index is 5.61. The van der Waals surface area contributed by atoms with Gasteiger partial charge in [0, 0.05) is 43.5 Å². The summed E-state index contributed by atoms with van der Waals surface area (Å²) in [4.78, 5) is 11.6. The number of hydrogen-bond acceptors (Lipinski definition) is 6. The molecule has 1 fully saturated rings. The fourth-order valence-corrected chi connectivity index (χ4v) is 4.28. The molecule has 7 nitrogen and oxygen atoms in total. The van der Waals surface area contributed by atoms with Crippen LogP contribution < -0.4 is 0 Å². The van der Waals surface area contributed by atoms with Gasteiger partial charge < -0.3 is 4.52 Å². The Morgan fingerprint density at radius 2 is 2.07 bits per heavy atom. The number of aromatic nitrogens is 5. The van der Waals surface area contributed by atoms with Gasteiger partial charge >= 0.3 is 0 Å². The first-order valence-corrected chi connectivity index (χ1v) is 10.1. The Morgan fingerprint density at radius 3 is 2.86 bits per heavy atom. The van der Waals surface area contributed by atoms with Crippen molar-refractivity contribution in [1.29, 1.82) is 0 Å². The first-order valence-electron chi connectivity index (χ1n) is 10.1. The molecule has 0 bridgehead atoms. The molecule has 0 radical (unpaired) electrons. The largest absolute Gasteiger partial charge is 0.356 e. The van der Waals surface area contributed by atoms with Crippen molar-refractivity contribution >= 4 is 5.65 Å². The van der Waals surface area contributed by atoms with Gasteiger partial charge in [0.05, 0.1) is 28.3 Å². The molecule has 29 heavy (non-hydrogen) atoms. The van der Waals surface area contributed by atoms with Crippen LogP contribution in [0.1, 0.15) is 41.5 Å². The van der Waals surface area contributed by atoms with E-state index in [1.54, 1.807) is 0 Å². The predicted molar refractivity (Wildman–Crippen MR) is 109 cm³/mol. The summed E-state index contributed by atoms with van der Waals surface area (Å²) < 4.78 is 7.60. The standard InChI is InChI=1S/C22H24N6O/c1-15-11-21-24-12-19(20-10-16(2)26-29-20)22(28(21)25-15)17-6-5-9-27(13-17)14-18-7-3-4-8-23-18/h3-4,7-8,10-12,17H,5-6,9,13-14H2,1-2H3. The average Bonchev–Trinajstić information content (AvgIpc) is 3.32. The van der Waals surface area contributed by atoms with E-state index in [-0.39, 0.29) is 0 Å². The normalized spacial score (nSPS) is 17.8. The van der Waals surface area contributed by atoms with E-state index in [0.717, 1.165) is 72.2 Å². The predicted octanol–water partition coefficient (Wildman–Crippen LogP) is 3.78. The van der Waals surface area contributed by atoms with Crippen LogP contribution in [-0.2, 0) is 6.54 Å². The van der Waals surface area contributed by atoms with Gasteiger partial charge in [-0.1, -0.05) is 11.2 Å². The Bertz CT molecular complexity index is 1130. The number of hydrogen-bond donors (Lipinski definition) is 0. The molecular weight excluding hydrogens is 364 g/mol. The first-order chi connectivity index (χ1) is 14.2. The zero-order chi connectivity index (χ0) is 19.8. The molecule has 1 saturated heterocycles. The summed E-state index contributed by atoms with van der Waals surface area (Å²) in [6.45, 7) is 6.84. The third-order valence-corrected chi connectivity index (χ3v) is 5.54. The van der Waals surface area contributed by atoms with Gasteiger partial charge in [-0.25, -0.2) is 9.50 Å². The molecule has 5 rings (SSSR count). The Morgan fingerprint density at radius 1 is 1.14 bits per heavy atom. The van der Waals surface area contributed by atoms with Crippen molar-refractivity contribution in [2.45, 2.75) is 39.2 Å². The van der Waals surface area contributed by atoms with Crippen LogP contribution in [0.25, 0.3) is 17.0 Å². The quantitative estimate of drug-likeness (QED) is 0.530. The summed E-state index contributed by atoms with van der Waals surface area (Å²) >= 11 is 0. The highest BCUT2D eigenvalue weighted by Crippen LogP contribution is 2.35. The van der Waals surface area contributed by atoms with Crippen molar-refractivity contribution in [2.24, 2.45) is 0 Å². The van der Waals surface area contributed by atoms with Gasteiger partial charge in [0.1, 0.15) is 0 Å². The number of likely N-dealkylation sites (tertiary alicyclic amines) is 1. The SMILES string of the molecule is Cc1cc(-c2cnc3cc(C)nn3c2C2CCCN(Cc3ccccn3)C2)on1. The highest BCUT2D eigenvalue weighted by molar-refractivity contribution is 5.63. The molecule has 1 aliphatic rings. The molecule has 1 aliphatic heterocycles. The lowest BCUT2D eigenvalue weighted by molar-refractivity contribution is 0.195. The van der Waals surface area contributed by atoms with E-state index in [1.807, 2.05) is 55.0 Å². The van der Waals surface area contributed by atoms with Gasteiger partial charge in [-0.3, -0.25) is 9.88 Å². The summed E-state index contributed by atoms with van der Waals surface area (Å²) in [6.07, 6.45) is 6.01. The maximum absolute atomic E-state index is 5.61. The summed E-state index contributed by atoms with van der Waals surface area (Å²) in [6, 6.07) is 10.1. The van der Waals surface area contributed by atoms with E-state index in [2.05, 4.69) is 26.1 Å². The molecule has 7 heteroatoms. The lowest BCUT2D eigenvalue weighted by Gasteiger charge is -2.33. The zero-order valence-corrected chi connectivity index (χ0v) is 16.7. The van der Waals surface area contributed by atoms with Crippen LogP contribution in [0.3, 0.4) is 0 Å². The maximum Gasteiger partial charge on any atom is 0.170 e. The van der Waals surface area contributed by atoms with Gasteiger partial charge in [-0.15, -0.1) is 0 Å². The van der Waals surface area contributed by atoms with Crippen molar-refractivity contribution in [3.8, 4) is 11.3 Å². The summed E-state index contributed by atoms with van der Waals surface area (Å²) in [5, 5.41) is 8.84. The summed E-state index contributed by atoms with van der Waals surface area (Å²) in [5.74, 6) is 1.08. The van der Waals surface area contributed by atoms with Crippen LogP contribution in [0.4, 0.5) is 0 Å². The van der Waals surface area contributed by atoms with Gasteiger partial charge in [-0.2, -0.15) is 5.10 Å². The first kappa shape index (κ1) is 18.0. The number of rotatable bonds is 4. The summed E-state index contributed by atoms with van der Waals surface area (Å²) in [5.41, 5.74) is 5.94. The second kappa shape index (κ2) is 7.40. The van der Waals surface area contributed by atoms with Crippen LogP contribution in [0, 0.1) is 13.8 Å². The van der Waals surface area contributed by atoms with Gasteiger partial charge in [-0.05, 0) is 45.4 Å². The fraction of sp³-hybridized carbons (Fsp3) is 0.364. The third kappa shape index (κ3) is 3.53. The molecule has 0 N–H and O–H groups in total. The van der Waals surface area contributed by atoms with Crippen molar-refractivity contribution in [3.05, 3.63) is 65.5 Å². The Hall–Kier alpha value is -3.06. The van der Waals surface area contributed by atoms with Gasteiger partial charge in [0.15, 0.2) is 11.4 Å². The highest BCUT2D eigenvalue weighted by atomic mass is 16.5. The van der Waals surface area contributed by atoms with Crippen molar-refractivity contribution < 1.29 is 4.52 Å². The van der Waals surface area contributed by atoms with Gasteiger partial charge in [0.2, 0.25) is 0 Å². The number of fused-ring (bicyclic) bond motifs is 1. The minimum Gasteiger partial charge on any atom is -0.356 e. The van der Waals surface area contributed by atoms with Crippen LogP contribution in [0.15, 0.2) is 47.2 Å². The number of pyridine rings is 1. The Balaban J connectivity index is 1.54. The minimum absolute atomic E-state index is 0.331. The van der Waals surface area contributed by atoms with Crippen molar-refractivity contribution in [1.82, 2.24) is 29.6 Å². The molecule has 0 saturated carbocycles. The van der Waals surface area contributed by atoms with E-state index in [4.69, 9.17) is 9.62 Å². The lowest BCUT2D eigenvalue weighted by atomic mass is 9.91. The van der Waals surface area contributed by atoms with E-state index in [0.29, 0.717) is 5.92 Å². The summed E-state index contributed by atoms with van der Waals surface area (Å²) in [7, 11) is 0. The average molecular weight is 388 g/mol. The zero-order valence-electron chi connectivity index (χ0n) is 16.7. The molecular formula is C22H24N6O. The molecule has 0 aromatic carbocycles. The monoisotopic (exact) mass is 388 g/mol. The number of aryl methyl sites for hydroxylation is 2. The third-order valence-electron chi connectivity index (χ3n) is 5.54. The van der Waals surface area contributed by atoms with Crippen LogP contribution >= 0.6 is 0 Å². The molecule has 148 valence electrons. The van der Waals surface area contributed by atoms with Crippen molar-refractivity contribution in [3.63, 3.8) is 0 Å². The fourth-order valence-electron chi connectivity index (χ4n) is 4.28. The number of nitrogens with zero attached hydrogens (tertiary/aromatic N) is 6. The van der Waals surface area contributed by atoms with E-state index >= 15 is 0 Å². The Kier molecular flexibility index (Phi) is 4.60. The number of piperidine rings is 1. The molecule has 0 spiro atoms. The van der Waals surface area contributed by atoms with Crippen LogP contribution in [0.2, 0.25) is 0 Å². The molecule has 1 unspecified atom stereocenters. The minimum atomic E-state index is 0.331. The Labute approximate surface area is 169 Å². The molecule has 4 aromatic rings. The second-order valence-corrected chi connectivity index (χ2v) is 7.84. The highest BCUT2D eigenvalue weighted by Gasteiger charge is 2.28. The molecule has 0 aliphatic carbocycles. The van der Waals surface area contributed by atoms with Crippen molar-refractivity contribution in [2.75, 3.05) is 13.1 Å². The topological polar surface area (TPSA) is 72.3 Å². The van der Waals surface area contributed by atoms with Crippen LogP contribution in [0.5, 0.6) is 0 Å².